The fourth-order valence-electron chi connectivity index (χ4n) is 2.40. The standard InChI is InChI=1S/C17H23N3O3/c1-3-12(2)19-15(21)11-18-17(23)13-6-8-14(9-7-13)20-10-4-5-16(20)22/h6-9,12H,3-5,10-11H2,1-2H3,(H,18,23)(H,19,21). The first-order valence-corrected chi connectivity index (χ1v) is 7.99. The smallest absolute Gasteiger partial charge is 0.251 e. The van der Waals surface area contributed by atoms with E-state index in [4.69, 9.17) is 0 Å². The number of rotatable bonds is 6. The molecule has 1 atom stereocenters. The van der Waals surface area contributed by atoms with Crippen molar-refractivity contribution in [3.8, 4) is 0 Å². The van der Waals surface area contributed by atoms with Gasteiger partial charge in [-0.15, -0.1) is 0 Å². The average molecular weight is 317 g/mol. The molecule has 1 fully saturated rings. The fourth-order valence-corrected chi connectivity index (χ4v) is 2.40. The van der Waals surface area contributed by atoms with Crippen molar-refractivity contribution >= 4 is 23.4 Å². The van der Waals surface area contributed by atoms with Crippen molar-refractivity contribution in [2.75, 3.05) is 18.0 Å². The van der Waals surface area contributed by atoms with Crippen LogP contribution < -0.4 is 15.5 Å². The van der Waals surface area contributed by atoms with Gasteiger partial charge in [0.05, 0.1) is 6.54 Å². The summed E-state index contributed by atoms with van der Waals surface area (Å²) in [5.74, 6) is -0.389. The van der Waals surface area contributed by atoms with Crippen LogP contribution >= 0.6 is 0 Å². The molecule has 2 rings (SSSR count). The maximum Gasteiger partial charge on any atom is 0.251 e. The predicted molar refractivity (Wildman–Crippen MR) is 88.3 cm³/mol. The molecule has 0 bridgehead atoms. The largest absolute Gasteiger partial charge is 0.352 e. The highest BCUT2D eigenvalue weighted by molar-refractivity contribution is 5.98. The van der Waals surface area contributed by atoms with E-state index in [1.54, 1.807) is 29.2 Å². The summed E-state index contributed by atoms with van der Waals surface area (Å²) in [4.78, 5) is 37.1. The number of nitrogens with one attached hydrogen (secondary N) is 2. The minimum Gasteiger partial charge on any atom is -0.352 e. The molecule has 6 heteroatoms. The van der Waals surface area contributed by atoms with Gasteiger partial charge in [0, 0.05) is 30.3 Å². The van der Waals surface area contributed by atoms with Gasteiger partial charge < -0.3 is 15.5 Å². The molecule has 1 aliphatic rings. The number of anilines is 1. The van der Waals surface area contributed by atoms with Gasteiger partial charge in [-0.3, -0.25) is 14.4 Å². The molecule has 1 aromatic carbocycles. The summed E-state index contributed by atoms with van der Waals surface area (Å²) in [6.07, 6.45) is 2.29. The Morgan fingerprint density at radius 3 is 2.52 bits per heavy atom. The van der Waals surface area contributed by atoms with Gasteiger partial charge in [0.1, 0.15) is 0 Å². The maximum atomic E-state index is 12.0. The maximum absolute atomic E-state index is 12.0. The Balaban J connectivity index is 1.88. The van der Waals surface area contributed by atoms with E-state index < -0.39 is 0 Å². The topological polar surface area (TPSA) is 78.5 Å². The van der Waals surface area contributed by atoms with Crippen LogP contribution in [0.5, 0.6) is 0 Å². The van der Waals surface area contributed by atoms with Crippen LogP contribution in [0.1, 0.15) is 43.5 Å². The van der Waals surface area contributed by atoms with Crippen LogP contribution in [0.2, 0.25) is 0 Å². The Morgan fingerprint density at radius 2 is 1.96 bits per heavy atom. The van der Waals surface area contributed by atoms with Gasteiger partial charge in [-0.1, -0.05) is 6.92 Å². The molecule has 124 valence electrons. The monoisotopic (exact) mass is 317 g/mol. The molecule has 0 radical (unpaired) electrons. The minimum absolute atomic E-state index is 0.0461. The molecule has 1 saturated heterocycles. The third kappa shape index (κ3) is 4.55. The molecule has 1 aliphatic heterocycles. The number of nitrogens with zero attached hydrogens (tertiary/aromatic N) is 1. The van der Waals surface area contributed by atoms with Gasteiger partial charge in [0.25, 0.3) is 5.91 Å². The van der Waals surface area contributed by atoms with Crippen molar-refractivity contribution in [3.05, 3.63) is 29.8 Å². The quantitative estimate of drug-likeness (QED) is 0.834. The predicted octanol–water partition coefficient (Wildman–Crippen LogP) is 1.46. The summed E-state index contributed by atoms with van der Waals surface area (Å²) in [6, 6.07) is 6.96. The van der Waals surface area contributed by atoms with E-state index >= 15 is 0 Å². The molecule has 2 N–H and O–H groups in total. The summed E-state index contributed by atoms with van der Waals surface area (Å²) in [5.41, 5.74) is 1.27. The zero-order valence-electron chi connectivity index (χ0n) is 13.6. The molecular formula is C17H23N3O3. The van der Waals surface area contributed by atoms with Crippen LogP contribution in [0.3, 0.4) is 0 Å². The second kappa shape index (κ2) is 7.76. The normalized spacial score (nSPS) is 15.4. The van der Waals surface area contributed by atoms with E-state index in [0.29, 0.717) is 12.0 Å². The third-order valence-corrected chi connectivity index (χ3v) is 3.94. The molecule has 0 aromatic heterocycles. The molecule has 0 spiro atoms. The summed E-state index contributed by atoms with van der Waals surface area (Å²) in [7, 11) is 0. The Hall–Kier alpha value is -2.37. The van der Waals surface area contributed by atoms with Crippen molar-refractivity contribution in [1.29, 1.82) is 0 Å². The Kier molecular flexibility index (Phi) is 5.73. The van der Waals surface area contributed by atoms with Crippen molar-refractivity contribution in [1.82, 2.24) is 10.6 Å². The van der Waals surface area contributed by atoms with Gasteiger partial charge in [-0.2, -0.15) is 0 Å². The number of carbonyl (C=O) groups excluding carboxylic acids is 3. The molecule has 0 saturated carbocycles. The SMILES string of the molecule is CCC(C)NC(=O)CNC(=O)c1ccc(N2CCCC2=O)cc1. The van der Waals surface area contributed by atoms with Crippen LogP contribution in [0.4, 0.5) is 5.69 Å². The lowest BCUT2D eigenvalue weighted by atomic mass is 10.2. The van der Waals surface area contributed by atoms with Crippen molar-refractivity contribution in [3.63, 3.8) is 0 Å². The van der Waals surface area contributed by atoms with Crippen LogP contribution in [-0.2, 0) is 9.59 Å². The molecule has 1 heterocycles. The van der Waals surface area contributed by atoms with Crippen LogP contribution in [0.15, 0.2) is 24.3 Å². The highest BCUT2D eigenvalue weighted by Gasteiger charge is 2.21. The van der Waals surface area contributed by atoms with Crippen LogP contribution in [0, 0.1) is 0 Å². The average Bonchev–Trinajstić information content (AvgIpc) is 2.98. The Bertz CT molecular complexity index is 583. The summed E-state index contributed by atoms with van der Waals surface area (Å²) < 4.78 is 0. The van der Waals surface area contributed by atoms with E-state index in [0.717, 1.165) is 25.1 Å². The lowest BCUT2D eigenvalue weighted by molar-refractivity contribution is -0.120. The van der Waals surface area contributed by atoms with E-state index in [1.807, 2.05) is 13.8 Å². The summed E-state index contributed by atoms with van der Waals surface area (Å²) in [6.45, 7) is 4.57. The number of amides is 3. The van der Waals surface area contributed by atoms with Crippen LogP contribution in [-0.4, -0.2) is 36.9 Å². The van der Waals surface area contributed by atoms with Gasteiger partial charge in [0.2, 0.25) is 11.8 Å². The van der Waals surface area contributed by atoms with Crippen LogP contribution in [0.25, 0.3) is 0 Å². The fraction of sp³-hybridized carbons (Fsp3) is 0.471. The molecule has 3 amide bonds. The first-order chi connectivity index (χ1) is 11.0. The van der Waals surface area contributed by atoms with E-state index in [1.165, 1.54) is 0 Å². The van der Waals surface area contributed by atoms with Gasteiger partial charge in [0.15, 0.2) is 0 Å². The van der Waals surface area contributed by atoms with Crippen molar-refractivity contribution in [2.45, 2.75) is 39.2 Å². The van der Waals surface area contributed by atoms with E-state index in [-0.39, 0.29) is 30.3 Å². The highest BCUT2D eigenvalue weighted by Crippen LogP contribution is 2.21. The Labute approximate surface area is 136 Å². The second-order valence-electron chi connectivity index (χ2n) is 5.76. The molecule has 23 heavy (non-hydrogen) atoms. The molecule has 0 aliphatic carbocycles. The summed E-state index contributed by atoms with van der Waals surface area (Å²) in [5, 5.41) is 5.38. The zero-order valence-corrected chi connectivity index (χ0v) is 13.6. The third-order valence-electron chi connectivity index (χ3n) is 3.94. The van der Waals surface area contributed by atoms with Crippen molar-refractivity contribution < 1.29 is 14.4 Å². The Morgan fingerprint density at radius 1 is 1.26 bits per heavy atom. The zero-order chi connectivity index (χ0) is 16.8. The highest BCUT2D eigenvalue weighted by atomic mass is 16.2. The first-order valence-electron chi connectivity index (χ1n) is 7.99. The van der Waals surface area contributed by atoms with Gasteiger partial charge in [-0.05, 0) is 44.0 Å². The van der Waals surface area contributed by atoms with Crippen molar-refractivity contribution in [2.24, 2.45) is 0 Å². The molecule has 6 nitrogen and oxygen atoms in total. The number of hydrogen-bond acceptors (Lipinski definition) is 3. The lowest BCUT2D eigenvalue weighted by Gasteiger charge is -2.16. The first kappa shape index (κ1) is 17.0. The van der Waals surface area contributed by atoms with E-state index in [9.17, 15) is 14.4 Å². The van der Waals surface area contributed by atoms with Gasteiger partial charge >= 0.3 is 0 Å². The van der Waals surface area contributed by atoms with E-state index in [2.05, 4.69) is 10.6 Å². The lowest BCUT2D eigenvalue weighted by Crippen LogP contribution is -2.40. The molecule has 1 aromatic rings. The molecular weight excluding hydrogens is 294 g/mol. The van der Waals surface area contributed by atoms with Gasteiger partial charge in [-0.25, -0.2) is 0 Å². The minimum atomic E-state index is -0.302. The second-order valence-corrected chi connectivity index (χ2v) is 5.76. The number of hydrogen-bond donors (Lipinski definition) is 2. The molecule has 1 unspecified atom stereocenters. The summed E-state index contributed by atoms with van der Waals surface area (Å²) >= 11 is 0. The number of benzene rings is 1. The number of carbonyl (C=O) groups is 3.